The van der Waals surface area contributed by atoms with Gasteiger partial charge in [-0.05, 0) is 30.5 Å². The number of hydrogen-bond donors (Lipinski definition) is 2. The predicted molar refractivity (Wildman–Crippen MR) is 125 cm³/mol. The van der Waals surface area contributed by atoms with E-state index in [-0.39, 0.29) is 33.6 Å². The molecule has 0 bridgehead atoms. The number of nitrogens with one attached hydrogen (secondary N) is 2. The van der Waals surface area contributed by atoms with Gasteiger partial charge in [0.2, 0.25) is 5.95 Å². The van der Waals surface area contributed by atoms with E-state index in [9.17, 15) is 21.6 Å². The zero-order chi connectivity index (χ0) is 24.9. The van der Waals surface area contributed by atoms with Crippen molar-refractivity contribution < 1.29 is 21.6 Å². The number of nitrogens with zero attached hydrogens (tertiary/aromatic N) is 3. The van der Waals surface area contributed by atoms with Crippen LogP contribution in [-0.4, -0.2) is 60.2 Å². The number of sulfone groups is 1. The molecule has 0 spiro atoms. The zero-order valence-electron chi connectivity index (χ0n) is 19.5. The highest BCUT2D eigenvalue weighted by Gasteiger charge is 2.37. The number of aromatic nitrogens is 3. The second kappa shape index (κ2) is 8.53. The van der Waals surface area contributed by atoms with Gasteiger partial charge in [0.05, 0.1) is 10.6 Å². The summed E-state index contributed by atoms with van der Waals surface area (Å²) in [4.78, 5) is 13.5. The van der Waals surface area contributed by atoms with Gasteiger partial charge in [-0.3, -0.25) is 0 Å². The summed E-state index contributed by atoms with van der Waals surface area (Å²) < 4.78 is 65.3. The molecule has 1 fully saturated rings. The molecule has 3 heterocycles. The number of anilines is 1. The van der Waals surface area contributed by atoms with Gasteiger partial charge in [0, 0.05) is 54.2 Å². The van der Waals surface area contributed by atoms with Gasteiger partial charge in [-0.2, -0.15) is 13.2 Å². The second-order valence-electron chi connectivity index (χ2n) is 9.67. The van der Waals surface area contributed by atoms with Gasteiger partial charge < -0.3 is 15.2 Å². The van der Waals surface area contributed by atoms with Crippen LogP contribution in [0.3, 0.4) is 0 Å². The Bertz CT molecular complexity index is 1320. The average Bonchev–Trinajstić information content (AvgIpc) is 3.14. The Kier molecular flexibility index (Phi) is 6.14. The van der Waals surface area contributed by atoms with E-state index in [1.807, 2.05) is 0 Å². The minimum Gasteiger partial charge on any atom is -0.360 e. The van der Waals surface area contributed by atoms with E-state index in [0.29, 0.717) is 10.9 Å². The van der Waals surface area contributed by atoms with Crippen LogP contribution in [0.5, 0.6) is 0 Å². The quantitative estimate of drug-likeness (QED) is 0.539. The Morgan fingerprint density at radius 2 is 2.03 bits per heavy atom. The van der Waals surface area contributed by atoms with Gasteiger partial charge in [-0.15, -0.1) is 0 Å². The van der Waals surface area contributed by atoms with Crippen molar-refractivity contribution in [3.63, 3.8) is 0 Å². The molecule has 3 aromatic rings. The molecule has 1 aliphatic rings. The van der Waals surface area contributed by atoms with Crippen LogP contribution < -0.4 is 5.32 Å². The number of rotatable bonds is 5. The SMILES string of the molecule is CCN1C[C@@H](Nc2ncc(C(F)(F)F)c(-c3c[nH]c4cc(S(C)(=O)=O)ccc34)n2)CC(C)(C)C1. The third-order valence-corrected chi connectivity index (χ3v) is 7.25. The standard InChI is InChI=1S/C23H28F3N5O2S/c1-5-31-12-14(9-22(2,3)13-31)29-21-28-11-18(23(24,25)26)20(30-21)17-10-27-19-8-15(34(4,32)33)6-7-16(17)19/h6-8,10-11,14,27H,5,9,12-13H2,1-4H3,(H,28,29,30)/t14-/m0/s1. The molecule has 2 aromatic heterocycles. The summed E-state index contributed by atoms with van der Waals surface area (Å²) >= 11 is 0. The number of aromatic amines is 1. The predicted octanol–water partition coefficient (Wildman–Crippen LogP) is 4.58. The molecule has 1 aliphatic heterocycles. The number of H-pyrrole nitrogens is 1. The lowest BCUT2D eigenvalue weighted by Gasteiger charge is -2.42. The maximum atomic E-state index is 13.9. The highest BCUT2D eigenvalue weighted by Crippen LogP contribution is 2.39. The van der Waals surface area contributed by atoms with Crippen molar-refractivity contribution in [2.75, 3.05) is 31.2 Å². The highest BCUT2D eigenvalue weighted by molar-refractivity contribution is 7.90. The summed E-state index contributed by atoms with van der Waals surface area (Å²) in [5, 5.41) is 3.68. The van der Waals surface area contributed by atoms with Crippen molar-refractivity contribution >= 4 is 26.7 Å². The Morgan fingerprint density at radius 3 is 2.68 bits per heavy atom. The summed E-state index contributed by atoms with van der Waals surface area (Å²) in [5.74, 6) is 0.129. The Morgan fingerprint density at radius 1 is 1.29 bits per heavy atom. The molecule has 11 heteroatoms. The molecule has 7 nitrogen and oxygen atoms in total. The fourth-order valence-electron chi connectivity index (χ4n) is 4.69. The fraction of sp³-hybridized carbons (Fsp3) is 0.478. The molecule has 0 radical (unpaired) electrons. The second-order valence-corrected chi connectivity index (χ2v) is 11.7. The molecule has 1 atom stereocenters. The number of likely N-dealkylation sites (tertiary alicyclic amines) is 1. The normalized spacial score (nSPS) is 19.4. The molecular weight excluding hydrogens is 467 g/mol. The van der Waals surface area contributed by atoms with Crippen LogP contribution >= 0.6 is 0 Å². The number of benzene rings is 1. The summed E-state index contributed by atoms with van der Waals surface area (Å²) in [6.07, 6.45) is -0.518. The third-order valence-electron chi connectivity index (χ3n) is 6.14. The van der Waals surface area contributed by atoms with E-state index in [4.69, 9.17) is 0 Å². The van der Waals surface area contributed by atoms with E-state index in [1.165, 1.54) is 24.4 Å². The number of alkyl halides is 3. The van der Waals surface area contributed by atoms with Crippen molar-refractivity contribution in [1.82, 2.24) is 19.9 Å². The first kappa shape index (κ1) is 24.5. The number of halogens is 3. The zero-order valence-corrected chi connectivity index (χ0v) is 20.3. The van der Waals surface area contributed by atoms with E-state index >= 15 is 0 Å². The van der Waals surface area contributed by atoms with E-state index in [1.54, 1.807) is 0 Å². The average molecular weight is 496 g/mol. The Hall–Kier alpha value is -2.66. The summed E-state index contributed by atoms with van der Waals surface area (Å²) in [7, 11) is -3.46. The van der Waals surface area contributed by atoms with E-state index in [0.717, 1.165) is 38.5 Å². The Labute approximate surface area is 196 Å². The van der Waals surface area contributed by atoms with Gasteiger partial charge in [0.15, 0.2) is 9.84 Å². The monoisotopic (exact) mass is 495 g/mol. The van der Waals surface area contributed by atoms with E-state index < -0.39 is 21.6 Å². The number of hydrogen-bond acceptors (Lipinski definition) is 6. The first-order valence-electron chi connectivity index (χ1n) is 11.0. The molecule has 4 rings (SSSR count). The van der Waals surface area contributed by atoms with Gasteiger partial charge in [-0.25, -0.2) is 18.4 Å². The fourth-order valence-corrected chi connectivity index (χ4v) is 5.34. The van der Waals surface area contributed by atoms with Gasteiger partial charge in [-0.1, -0.05) is 26.8 Å². The first-order valence-corrected chi connectivity index (χ1v) is 12.9. The molecule has 1 aromatic carbocycles. The molecule has 0 amide bonds. The molecular formula is C23H28F3N5O2S. The van der Waals surface area contributed by atoms with Crippen molar-refractivity contribution in [2.24, 2.45) is 5.41 Å². The maximum Gasteiger partial charge on any atom is 0.419 e. The van der Waals surface area contributed by atoms with Gasteiger partial charge >= 0.3 is 6.18 Å². The molecule has 184 valence electrons. The molecule has 0 aliphatic carbocycles. The maximum absolute atomic E-state index is 13.9. The molecule has 0 unspecified atom stereocenters. The smallest absolute Gasteiger partial charge is 0.360 e. The number of piperidine rings is 1. The van der Waals surface area contributed by atoms with Crippen LogP contribution in [0.2, 0.25) is 0 Å². The highest BCUT2D eigenvalue weighted by atomic mass is 32.2. The summed E-state index contributed by atoms with van der Waals surface area (Å²) in [6, 6.07) is 4.28. The summed E-state index contributed by atoms with van der Waals surface area (Å²) in [5.41, 5.74) is -0.524. The van der Waals surface area contributed by atoms with Gasteiger partial charge in [0.1, 0.15) is 5.56 Å². The van der Waals surface area contributed by atoms with Crippen LogP contribution in [0.25, 0.3) is 22.2 Å². The molecule has 0 saturated carbocycles. The lowest BCUT2D eigenvalue weighted by atomic mass is 9.81. The van der Waals surface area contributed by atoms with Crippen LogP contribution in [-0.2, 0) is 16.0 Å². The minimum absolute atomic E-state index is 0.00595. The Balaban J connectivity index is 1.76. The molecule has 34 heavy (non-hydrogen) atoms. The minimum atomic E-state index is -4.66. The van der Waals surface area contributed by atoms with Crippen molar-refractivity contribution in [1.29, 1.82) is 0 Å². The third kappa shape index (κ3) is 5.05. The van der Waals surface area contributed by atoms with Crippen LogP contribution in [0, 0.1) is 5.41 Å². The largest absolute Gasteiger partial charge is 0.419 e. The number of fused-ring (bicyclic) bond motifs is 1. The van der Waals surface area contributed by atoms with Crippen molar-refractivity contribution in [3.05, 3.63) is 36.2 Å². The van der Waals surface area contributed by atoms with Crippen molar-refractivity contribution in [3.8, 4) is 11.3 Å². The lowest BCUT2D eigenvalue weighted by molar-refractivity contribution is -0.137. The van der Waals surface area contributed by atoms with Gasteiger partial charge in [0.25, 0.3) is 0 Å². The lowest BCUT2D eigenvalue weighted by Crippen LogP contribution is -2.49. The van der Waals surface area contributed by atoms with Crippen LogP contribution in [0.1, 0.15) is 32.8 Å². The molecule has 1 saturated heterocycles. The summed E-state index contributed by atoms with van der Waals surface area (Å²) in [6.45, 7) is 8.99. The number of likely N-dealkylation sites (N-methyl/N-ethyl adjacent to an activating group) is 1. The first-order chi connectivity index (χ1) is 15.8. The van der Waals surface area contributed by atoms with Crippen LogP contribution in [0.15, 0.2) is 35.5 Å². The topological polar surface area (TPSA) is 91.0 Å². The molecule has 2 N–H and O–H groups in total. The van der Waals surface area contributed by atoms with Crippen molar-refractivity contribution in [2.45, 2.75) is 44.3 Å². The van der Waals surface area contributed by atoms with E-state index in [2.05, 4.69) is 45.9 Å². The van der Waals surface area contributed by atoms with Crippen LogP contribution in [0.4, 0.5) is 19.1 Å².